The van der Waals surface area contributed by atoms with Gasteiger partial charge in [-0.1, -0.05) is 152 Å². The molecule has 272 valence electrons. The van der Waals surface area contributed by atoms with Gasteiger partial charge < -0.3 is 9.32 Å². The normalized spacial score (nSPS) is 11.8. The van der Waals surface area contributed by atoms with Crippen molar-refractivity contribution in [3.8, 4) is 33.4 Å². The van der Waals surface area contributed by atoms with Crippen molar-refractivity contribution in [2.24, 2.45) is 0 Å². The van der Waals surface area contributed by atoms with Crippen LogP contribution in [-0.4, -0.2) is 0 Å². The number of rotatable bonds is 6. The fraction of sp³-hybridized carbons (Fsp3) is 0. The van der Waals surface area contributed by atoms with Crippen LogP contribution >= 0.6 is 22.7 Å². The largest absolute Gasteiger partial charge is 0.455 e. The lowest BCUT2D eigenvalue weighted by Gasteiger charge is -2.29. The van der Waals surface area contributed by atoms with Gasteiger partial charge in [-0.05, 0) is 76.3 Å². The van der Waals surface area contributed by atoms with E-state index >= 15 is 0 Å². The first-order valence-electron chi connectivity index (χ1n) is 19.6. The van der Waals surface area contributed by atoms with Crippen molar-refractivity contribution in [3.05, 3.63) is 200 Å². The Kier molecular flexibility index (Phi) is 7.62. The van der Waals surface area contributed by atoms with Crippen LogP contribution in [0.1, 0.15) is 0 Å². The Bertz CT molecular complexity index is 3510. The second-order valence-corrected chi connectivity index (χ2v) is 16.9. The number of fused-ring (bicyclic) bond motifs is 9. The van der Waals surface area contributed by atoms with Gasteiger partial charge in [0.15, 0.2) is 0 Å². The summed E-state index contributed by atoms with van der Waals surface area (Å²) in [4.78, 5) is 2.54. The van der Waals surface area contributed by atoms with E-state index in [1.165, 1.54) is 62.6 Å². The van der Waals surface area contributed by atoms with E-state index in [0.717, 1.165) is 50.1 Å². The molecule has 0 unspecified atom stereocenters. The standard InChI is InChI=1S/C54H33NOS2/c1-4-15-34(16-5-1)37-27-28-43-49(32-37)57-50-33-38(35-17-6-2-7-18-35)31-46(51(43)50)55(45-24-14-23-41-40-21-11-13-26-48(40)58-54(41)45)44-30-29-39(36-19-8-3-9-20-36)53-52(44)42-22-10-12-25-47(42)56-53/h1-33H. The van der Waals surface area contributed by atoms with Gasteiger partial charge in [0.05, 0.1) is 27.1 Å². The van der Waals surface area contributed by atoms with Gasteiger partial charge in [-0.15, -0.1) is 22.7 Å². The maximum absolute atomic E-state index is 6.91. The molecule has 58 heavy (non-hydrogen) atoms. The van der Waals surface area contributed by atoms with E-state index in [4.69, 9.17) is 4.42 Å². The molecule has 0 saturated carbocycles. The SMILES string of the molecule is c1ccc(-c2ccc3c(c2)sc2cc(-c4ccccc4)cc(N(c4cccc5c4sc4ccccc45)c4ccc(-c5ccccc5)c5oc6ccccc6c45)c23)cc1. The number of nitrogens with zero attached hydrogens (tertiary/aromatic N) is 1. The van der Waals surface area contributed by atoms with Crippen molar-refractivity contribution in [2.45, 2.75) is 0 Å². The zero-order chi connectivity index (χ0) is 38.2. The Morgan fingerprint density at radius 1 is 0.345 bits per heavy atom. The van der Waals surface area contributed by atoms with Crippen molar-refractivity contribution in [1.82, 2.24) is 0 Å². The maximum Gasteiger partial charge on any atom is 0.145 e. The molecular weight excluding hydrogens is 743 g/mol. The number of thiophene rings is 2. The van der Waals surface area contributed by atoms with Gasteiger partial charge >= 0.3 is 0 Å². The quantitative estimate of drug-likeness (QED) is 0.167. The van der Waals surface area contributed by atoms with E-state index in [2.05, 4.69) is 205 Å². The predicted molar refractivity (Wildman–Crippen MR) is 250 cm³/mol. The van der Waals surface area contributed by atoms with Gasteiger partial charge in [0.25, 0.3) is 0 Å². The second-order valence-electron chi connectivity index (χ2n) is 14.8. The molecule has 3 heterocycles. The Morgan fingerprint density at radius 2 is 1.00 bits per heavy atom. The molecule has 0 bridgehead atoms. The van der Waals surface area contributed by atoms with Crippen molar-refractivity contribution in [2.75, 3.05) is 4.90 Å². The molecule has 9 aromatic carbocycles. The second kappa shape index (κ2) is 13.3. The smallest absolute Gasteiger partial charge is 0.145 e. The molecule has 12 aromatic rings. The van der Waals surface area contributed by atoms with E-state index in [0.29, 0.717) is 0 Å². The molecule has 0 atom stereocenters. The fourth-order valence-electron chi connectivity index (χ4n) is 8.81. The topological polar surface area (TPSA) is 16.4 Å². The minimum absolute atomic E-state index is 0.875. The number of furan rings is 1. The van der Waals surface area contributed by atoms with E-state index in [1.54, 1.807) is 0 Å². The number of anilines is 3. The van der Waals surface area contributed by atoms with Gasteiger partial charge in [0, 0.05) is 46.6 Å². The monoisotopic (exact) mass is 775 g/mol. The van der Waals surface area contributed by atoms with Gasteiger partial charge in [-0.2, -0.15) is 0 Å². The summed E-state index contributed by atoms with van der Waals surface area (Å²) < 4.78 is 11.9. The molecule has 0 aliphatic heterocycles. The first kappa shape index (κ1) is 33.2. The lowest BCUT2D eigenvalue weighted by Crippen LogP contribution is -2.11. The minimum Gasteiger partial charge on any atom is -0.455 e. The van der Waals surface area contributed by atoms with Crippen molar-refractivity contribution >= 4 is 102 Å². The minimum atomic E-state index is 0.875. The van der Waals surface area contributed by atoms with Crippen LogP contribution < -0.4 is 4.90 Å². The molecule has 0 aliphatic rings. The van der Waals surface area contributed by atoms with Crippen LogP contribution in [0.25, 0.3) is 95.7 Å². The lowest BCUT2D eigenvalue weighted by molar-refractivity contribution is 0.670. The average molecular weight is 776 g/mol. The summed E-state index contributed by atoms with van der Waals surface area (Å²) in [5.74, 6) is 0. The van der Waals surface area contributed by atoms with Crippen LogP contribution in [0.3, 0.4) is 0 Å². The highest BCUT2D eigenvalue weighted by Gasteiger charge is 2.27. The van der Waals surface area contributed by atoms with Crippen molar-refractivity contribution in [1.29, 1.82) is 0 Å². The molecule has 0 N–H and O–H groups in total. The highest BCUT2D eigenvalue weighted by atomic mass is 32.1. The number of hydrogen-bond acceptors (Lipinski definition) is 4. The first-order chi connectivity index (χ1) is 28.8. The van der Waals surface area contributed by atoms with Crippen molar-refractivity contribution in [3.63, 3.8) is 0 Å². The van der Waals surface area contributed by atoms with Gasteiger partial charge in [-0.25, -0.2) is 0 Å². The number of hydrogen-bond donors (Lipinski definition) is 0. The molecule has 0 aliphatic carbocycles. The molecule has 4 heteroatoms. The zero-order valence-corrected chi connectivity index (χ0v) is 32.9. The number of para-hydroxylation sites is 1. The summed E-state index contributed by atoms with van der Waals surface area (Å²) in [7, 11) is 0. The van der Waals surface area contributed by atoms with E-state index in [-0.39, 0.29) is 0 Å². The summed E-state index contributed by atoms with van der Waals surface area (Å²) in [6.45, 7) is 0. The third-order valence-corrected chi connectivity index (χ3v) is 13.8. The zero-order valence-electron chi connectivity index (χ0n) is 31.2. The molecule has 2 nitrogen and oxygen atoms in total. The molecule has 3 aromatic heterocycles. The third-order valence-electron chi connectivity index (χ3n) is 11.5. The van der Waals surface area contributed by atoms with Gasteiger partial charge in [0.1, 0.15) is 11.2 Å². The highest BCUT2D eigenvalue weighted by molar-refractivity contribution is 7.26. The average Bonchev–Trinajstić information content (AvgIpc) is 3.99. The van der Waals surface area contributed by atoms with Crippen LogP contribution in [0.2, 0.25) is 0 Å². The first-order valence-corrected chi connectivity index (χ1v) is 21.2. The third kappa shape index (κ3) is 5.23. The van der Waals surface area contributed by atoms with Crippen LogP contribution in [0.4, 0.5) is 17.1 Å². The molecule has 0 saturated heterocycles. The van der Waals surface area contributed by atoms with Crippen LogP contribution in [0.15, 0.2) is 205 Å². The van der Waals surface area contributed by atoms with Gasteiger partial charge in [-0.3, -0.25) is 0 Å². The summed E-state index contributed by atoms with van der Waals surface area (Å²) in [6, 6.07) is 72.6. The Balaban J connectivity index is 1.24. The van der Waals surface area contributed by atoms with E-state index in [1.807, 2.05) is 22.7 Å². The highest BCUT2D eigenvalue weighted by Crippen LogP contribution is 2.53. The molecule has 0 radical (unpaired) electrons. The number of benzene rings is 9. The molecular formula is C54H33NOS2. The molecule has 0 spiro atoms. The Hall–Kier alpha value is -6.98. The lowest BCUT2D eigenvalue weighted by atomic mass is 9.97. The fourth-order valence-corrected chi connectivity index (χ4v) is 11.2. The molecule has 0 amide bonds. The predicted octanol–water partition coefficient (Wildman–Crippen LogP) is 16.8. The van der Waals surface area contributed by atoms with Crippen LogP contribution in [0, 0.1) is 0 Å². The Morgan fingerprint density at radius 3 is 1.79 bits per heavy atom. The van der Waals surface area contributed by atoms with Crippen LogP contribution in [-0.2, 0) is 0 Å². The molecule has 12 rings (SSSR count). The van der Waals surface area contributed by atoms with Crippen molar-refractivity contribution < 1.29 is 4.42 Å². The summed E-state index contributed by atoms with van der Waals surface area (Å²) in [5, 5.41) is 7.22. The van der Waals surface area contributed by atoms with E-state index in [9.17, 15) is 0 Å². The Labute approximate surface area is 343 Å². The molecule has 0 fully saturated rings. The summed E-state index contributed by atoms with van der Waals surface area (Å²) >= 11 is 3.74. The maximum atomic E-state index is 6.91. The van der Waals surface area contributed by atoms with Crippen LogP contribution in [0.5, 0.6) is 0 Å². The summed E-state index contributed by atoms with van der Waals surface area (Å²) in [5.41, 5.74) is 12.1. The van der Waals surface area contributed by atoms with Gasteiger partial charge in [0.2, 0.25) is 0 Å². The van der Waals surface area contributed by atoms with E-state index < -0.39 is 0 Å². The summed E-state index contributed by atoms with van der Waals surface area (Å²) in [6.07, 6.45) is 0.